The lowest BCUT2D eigenvalue weighted by molar-refractivity contribution is -0.628. The molecule has 0 N–H and O–H groups in total. The lowest BCUT2D eigenvalue weighted by atomic mass is 9.52. The molecule has 15 heavy (non-hydrogen) atoms. The number of ether oxygens (including phenoxy) is 1. The highest BCUT2D eigenvalue weighted by Gasteiger charge is 2.65. The second-order valence-electron chi connectivity index (χ2n) is 5.88. The predicted molar refractivity (Wildman–Crippen MR) is 55.4 cm³/mol. The van der Waals surface area contributed by atoms with E-state index in [9.17, 15) is 5.21 Å². The van der Waals surface area contributed by atoms with E-state index in [1.54, 1.807) is 6.21 Å². The molecule has 82 valence electrons. The van der Waals surface area contributed by atoms with Crippen molar-refractivity contribution in [3.63, 3.8) is 0 Å². The van der Waals surface area contributed by atoms with Crippen molar-refractivity contribution in [1.29, 1.82) is 0 Å². The predicted octanol–water partition coefficient (Wildman–Crippen LogP) is 1.75. The Balaban J connectivity index is 1.79. The van der Waals surface area contributed by atoms with E-state index in [-0.39, 0.29) is 0 Å². The van der Waals surface area contributed by atoms with Crippen LogP contribution in [0.15, 0.2) is 0 Å². The third-order valence-electron chi connectivity index (χ3n) is 5.21. The number of hydrogen-bond donors (Lipinski definition) is 0. The standard InChI is InChI=1S/C12H17NO2/c14-13-1-2-15-12(13)10-4-8-3-9(6-10)7-11(12)5-8/h1,8-11H,2-7H2. The summed E-state index contributed by atoms with van der Waals surface area (Å²) in [5.74, 6) is 2.83. The first-order valence-corrected chi connectivity index (χ1v) is 6.23. The van der Waals surface area contributed by atoms with Crippen LogP contribution >= 0.6 is 0 Å². The molecule has 0 aromatic heterocycles. The van der Waals surface area contributed by atoms with Gasteiger partial charge in [0.15, 0.2) is 6.21 Å². The lowest BCUT2D eigenvalue weighted by Gasteiger charge is -2.56. The maximum Gasteiger partial charge on any atom is 0.283 e. The summed E-state index contributed by atoms with van der Waals surface area (Å²) in [5, 5.41) is 12.0. The van der Waals surface area contributed by atoms with Gasteiger partial charge in [-0.3, -0.25) is 0 Å². The lowest BCUT2D eigenvalue weighted by Crippen LogP contribution is -2.61. The van der Waals surface area contributed by atoms with Crippen LogP contribution in [0.2, 0.25) is 0 Å². The van der Waals surface area contributed by atoms with Crippen LogP contribution in [0.4, 0.5) is 0 Å². The van der Waals surface area contributed by atoms with Crippen LogP contribution in [-0.4, -0.2) is 23.3 Å². The van der Waals surface area contributed by atoms with Gasteiger partial charge in [-0.05, 0) is 43.9 Å². The molecule has 0 atom stereocenters. The molecule has 0 radical (unpaired) electrons. The normalized spacial score (nSPS) is 56.4. The Morgan fingerprint density at radius 3 is 2.13 bits per heavy atom. The Bertz CT molecular complexity index is 309. The maximum absolute atomic E-state index is 12.0. The summed E-state index contributed by atoms with van der Waals surface area (Å²) in [6.07, 6.45) is 8.06. The first kappa shape index (κ1) is 8.57. The Labute approximate surface area is 89.7 Å². The van der Waals surface area contributed by atoms with Gasteiger partial charge in [0, 0.05) is 0 Å². The quantitative estimate of drug-likeness (QED) is 0.448. The highest BCUT2D eigenvalue weighted by Crippen LogP contribution is 2.60. The van der Waals surface area contributed by atoms with E-state index in [4.69, 9.17) is 4.74 Å². The molecule has 3 heteroatoms. The number of nitrogens with zero attached hydrogens (tertiary/aromatic N) is 1. The Morgan fingerprint density at radius 2 is 1.67 bits per heavy atom. The molecular formula is C12H17NO2. The fraction of sp³-hybridized carbons (Fsp3) is 0.917. The topological polar surface area (TPSA) is 35.3 Å². The van der Waals surface area contributed by atoms with E-state index in [1.165, 1.54) is 36.8 Å². The number of hydroxylamine groups is 1. The molecule has 4 bridgehead atoms. The molecule has 3 nitrogen and oxygen atoms in total. The average Bonchev–Trinajstić information content (AvgIpc) is 2.57. The van der Waals surface area contributed by atoms with E-state index in [1.807, 2.05) is 0 Å². The first-order valence-electron chi connectivity index (χ1n) is 6.23. The van der Waals surface area contributed by atoms with Crippen molar-refractivity contribution in [3.8, 4) is 0 Å². The van der Waals surface area contributed by atoms with Gasteiger partial charge in [-0.25, -0.2) is 0 Å². The first-order chi connectivity index (χ1) is 7.29. The van der Waals surface area contributed by atoms with E-state index in [0.717, 1.165) is 11.8 Å². The van der Waals surface area contributed by atoms with Crippen molar-refractivity contribution in [2.75, 3.05) is 6.61 Å². The molecule has 1 spiro atoms. The van der Waals surface area contributed by atoms with Gasteiger partial charge in [0.05, 0.1) is 11.8 Å². The highest BCUT2D eigenvalue weighted by molar-refractivity contribution is 5.54. The molecule has 0 amide bonds. The van der Waals surface area contributed by atoms with E-state index >= 15 is 0 Å². The van der Waals surface area contributed by atoms with Crippen molar-refractivity contribution in [1.82, 2.24) is 0 Å². The summed E-state index contributed by atoms with van der Waals surface area (Å²) in [4.78, 5) is 0. The average molecular weight is 207 g/mol. The molecule has 0 saturated heterocycles. The largest absolute Gasteiger partial charge is 0.622 e. The van der Waals surface area contributed by atoms with Crippen molar-refractivity contribution < 1.29 is 9.48 Å². The van der Waals surface area contributed by atoms with Gasteiger partial charge in [0.1, 0.15) is 6.61 Å². The van der Waals surface area contributed by atoms with Crippen LogP contribution in [0, 0.1) is 28.9 Å². The molecule has 0 unspecified atom stereocenters. The van der Waals surface area contributed by atoms with Crippen LogP contribution in [0.25, 0.3) is 0 Å². The fourth-order valence-electron chi connectivity index (χ4n) is 4.90. The molecule has 4 saturated carbocycles. The minimum atomic E-state index is -0.423. The molecule has 5 rings (SSSR count). The third kappa shape index (κ3) is 0.889. The van der Waals surface area contributed by atoms with E-state index in [0.29, 0.717) is 18.4 Å². The molecular weight excluding hydrogens is 190 g/mol. The van der Waals surface area contributed by atoms with Crippen molar-refractivity contribution in [3.05, 3.63) is 5.21 Å². The van der Waals surface area contributed by atoms with E-state index < -0.39 is 5.72 Å². The minimum Gasteiger partial charge on any atom is -0.622 e. The van der Waals surface area contributed by atoms with Crippen molar-refractivity contribution in [2.24, 2.45) is 23.7 Å². The Hall–Kier alpha value is -0.570. The number of rotatable bonds is 0. The SMILES string of the molecule is [O-][N+]1=CCOC12C1CC3CC(C1)CC2C3. The zero-order chi connectivity index (χ0) is 10.0. The molecule has 5 aliphatic rings. The fourth-order valence-corrected chi connectivity index (χ4v) is 4.90. The molecule has 4 fully saturated rings. The van der Waals surface area contributed by atoms with Gasteiger partial charge in [-0.2, -0.15) is 4.74 Å². The van der Waals surface area contributed by atoms with Gasteiger partial charge < -0.3 is 9.94 Å². The summed E-state index contributed by atoms with van der Waals surface area (Å²) in [6.45, 7) is 0.534. The molecule has 0 aromatic rings. The zero-order valence-corrected chi connectivity index (χ0v) is 8.89. The smallest absolute Gasteiger partial charge is 0.283 e. The van der Waals surface area contributed by atoms with Crippen LogP contribution in [0.3, 0.4) is 0 Å². The summed E-state index contributed by atoms with van der Waals surface area (Å²) >= 11 is 0. The zero-order valence-electron chi connectivity index (χ0n) is 8.89. The summed E-state index contributed by atoms with van der Waals surface area (Å²) in [6, 6.07) is 0. The summed E-state index contributed by atoms with van der Waals surface area (Å²) in [7, 11) is 0. The highest BCUT2D eigenvalue weighted by atomic mass is 16.6. The van der Waals surface area contributed by atoms with Crippen LogP contribution in [0.5, 0.6) is 0 Å². The molecule has 1 aliphatic heterocycles. The van der Waals surface area contributed by atoms with Gasteiger partial charge >= 0.3 is 0 Å². The minimum absolute atomic E-state index is 0.423. The van der Waals surface area contributed by atoms with Crippen LogP contribution in [0.1, 0.15) is 32.1 Å². The maximum atomic E-state index is 12.0. The molecule has 1 heterocycles. The summed E-state index contributed by atoms with van der Waals surface area (Å²) < 4.78 is 7.05. The second kappa shape index (κ2) is 2.57. The van der Waals surface area contributed by atoms with Crippen LogP contribution in [-0.2, 0) is 4.74 Å². The van der Waals surface area contributed by atoms with Gasteiger partial charge in [0.25, 0.3) is 5.72 Å². The van der Waals surface area contributed by atoms with E-state index in [2.05, 4.69) is 0 Å². The number of hydrogen-bond acceptors (Lipinski definition) is 2. The van der Waals surface area contributed by atoms with Crippen molar-refractivity contribution in [2.45, 2.75) is 37.8 Å². The van der Waals surface area contributed by atoms with Crippen LogP contribution < -0.4 is 0 Å². The third-order valence-corrected chi connectivity index (χ3v) is 5.21. The Kier molecular flexibility index (Phi) is 1.47. The van der Waals surface area contributed by atoms with Gasteiger partial charge in [-0.1, -0.05) is 0 Å². The van der Waals surface area contributed by atoms with Gasteiger partial charge in [0.2, 0.25) is 0 Å². The molecule has 0 aromatic carbocycles. The summed E-state index contributed by atoms with van der Waals surface area (Å²) in [5.41, 5.74) is -0.423. The van der Waals surface area contributed by atoms with Gasteiger partial charge in [-0.15, -0.1) is 0 Å². The second-order valence-corrected chi connectivity index (χ2v) is 5.88. The monoisotopic (exact) mass is 207 g/mol. The Morgan fingerprint density at radius 1 is 1.07 bits per heavy atom. The van der Waals surface area contributed by atoms with Crippen molar-refractivity contribution >= 4 is 6.21 Å². The molecule has 4 aliphatic carbocycles.